The number of fused-ring (bicyclic) bond motifs is 2. The molecule has 0 spiro atoms. The zero-order valence-corrected chi connectivity index (χ0v) is 23.1. The molecule has 0 radical (unpaired) electrons. The van der Waals surface area contributed by atoms with Crippen LogP contribution < -0.4 is 9.47 Å². The van der Waals surface area contributed by atoms with Crippen LogP contribution in [0.5, 0.6) is 23.0 Å². The fourth-order valence-corrected chi connectivity index (χ4v) is 5.66. The van der Waals surface area contributed by atoms with Gasteiger partial charge in [0.1, 0.15) is 23.0 Å². The number of hydrogen-bond acceptors (Lipinski definition) is 2. The predicted octanol–water partition coefficient (Wildman–Crippen LogP) is 9.25. The van der Waals surface area contributed by atoms with E-state index >= 15 is 0 Å². The van der Waals surface area contributed by atoms with Gasteiger partial charge in [-0.2, -0.15) is 0 Å². The standard InChI is InChI=1S/C37H36O2/c1-5-7-29-21-31(15-19-35(29)38-33-17-13-25-9-11-27(25)23-33)37(3,4)32-16-20-36(30(22-32)8-6-2)39-34-18-14-26-10-12-28(26)24-34/h5-6,13-24H,1-2,7-12H2,3-4H3. The van der Waals surface area contributed by atoms with Gasteiger partial charge in [-0.25, -0.2) is 0 Å². The van der Waals surface area contributed by atoms with Crippen LogP contribution in [0.15, 0.2) is 98.1 Å². The Kier molecular flexibility index (Phi) is 6.64. The van der Waals surface area contributed by atoms with E-state index in [1.165, 1.54) is 46.2 Å². The zero-order valence-electron chi connectivity index (χ0n) is 23.1. The first kappa shape index (κ1) is 25.2. The van der Waals surface area contributed by atoms with Crippen molar-refractivity contribution in [3.8, 4) is 23.0 Å². The topological polar surface area (TPSA) is 18.5 Å². The fraction of sp³-hybridized carbons (Fsp3) is 0.243. The molecule has 2 nitrogen and oxygen atoms in total. The minimum absolute atomic E-state index is 0.214. The van der Waals surface area contributed by atoms with Gasteiger partial charge in [-0.3, -0.25) is 0 Å². The quantitative estimate of drug-likeness (QED) is 0.197. The molecule has 4 aromatic carbocycles. The van der Waals surface area contributed by atoms with Crippen molar-refractivity contribution in [2.45, 2.75) is 57.8 Å². The molecule has 0 unspecified atom stereocenters. The lowest BCUT2D eigenvalue weighted by molar-refractivity contribution is 0.474. The highest BCUT2D eigenvalue weighted by molar-refractivity contribution is 5.51. The summed E-state index contributed by atoms with van der Waals surface area (Å²) in [4.78, 5) is 0. The van der Waals surface area contributed by atoms with Gasteiger partial charge in [0.25, 0.3) is 0 Å². The van der Waals surface area contributed by atoms with E-state index in [0.29, 0.717) is 0 Å². The van der Waals surface area contributed by atoms with Crippen LogP contribution in [0.3, 0.4) is 0 Å². The molecular weight excluding hydrogens is 476 g/mol. The maximum absolute atomic E-state index is 6.37. The molecule has 0 saturated carbocycles. The number of aryl methyl sites for hydroxylation is 4. The van der Waals surface area contributed by atoms with Gasteiger partial charge in [0.15, 0.2) is 0 Å². The lowest BCUT2D eigenvalue weighted by Gasteiger charge is -2.28. The summed E-state index contributed by atoms with van der Waals surface area (Å²) in [5.41, 5.74) is 10.2. The molecule has 4 aromatic rings. The van der Waals surface area contributed by atoms with Crippen LogP contribution in [0.2, 0.25) is 0 Å². The van der Waals surface area contributed by atoms with E-state index in [2.05, 4.69) is 99.8 Å². The fourth-order valence-electron chi connectivity index (χ4n) is 5.66. The summed E-state index contributed by atoms with van der Waals surface area (Å²) in [6.07, 6.45) is 10.0. The molecule has 39 heavy (non-hydrogen) atoms. The molecule has 0 bridgehead atoms. The van der Waals surface area contributed by atoms with Gasteiger partial charge in [0.2, 0.25) is 0 Å². The van der Waals surface area contributed by atoms with Crippen molar-refractivity contribution in [3.05, 3.63) is 143 Å². The average Bonchev–Trinajstić information content (AvgIpc) is 2.89. The highest BCUT2D eigenvalue weighted by Gasteiger charge is 2.26. The Balaban J connectivity index is 1.28. The lowest BCUT2D eigenvalue weighted by atomic mass is 9.76. The Morgan fingerprint density at radius 3 is 1.38 bits per heavy atom. The van der Waals surface area contributed by atoms with Crippen LogP contribution in [-0.2, 0) is 43.9 Å². The van der Waals surface area contributed by atoms with Crippen LogP contribution in [0, 0.1) is 0 Å². The van der Waals surface area contributed by atoms with Crippen LogP contribution in [0.25, 0.3) is 0 Å². The Morgan fingerprint density at radius 2 is 1.03 bits per heavy atom. The van der Waals surface area contributed by atoms with Crippen molar-refractivity contribution in [2.75, 3.05) is 0 Å². The van der Waals surface area contributed by atoms with Crippen molar-refractivity contribution >= 4 is 0 Å². The molecule has 0 amide bonds. The Bertz CT molecular complexity index is 1460. The van der Waals surface area contributed by atoms with E-state index in [4.69, 9.17) is 9.47 Å². The highest BCUT2D eigenvalue weighted by Crippen LogP contribution is 2.39. The Hall–Kier alpha value is -4.04. The first-order chi connectivity index (χ1) is 18.9. The first-order valence-electron chi connectivity index (χ1n) is 14.0. The smallest absolute Gasteiger partial charge is 0.130 e. The van der Waals surface area contributed by atoms with Crippen LogP contribution in [0.4, 0.5) is 0 Å². The number of benzene rings is 4. The molecule has 0 aromatic heterocycles. The molecule has 2 aliphatic carbocycles. The summed E-state index contributed by atoms with van der Waals surface area (Å²) in [5, 5.41) is 0. The molecule has 0 atom stereocenters. The number of rotatable bonds is 10. The SMILES string of the molecule is C=CCc1cc(C(C)(C)c2ccc(Oc3ccc4c(c3)CC4)c(CC=C)c2)ccc1Oc1ccc2c(c1)CC2. The van der Waals surface area contributed by atoms with Gasteiger partial charge >= 0.3 is 0 Å². The average molecular weight is 513 g/mol. The van der Waals surface area contributed by atoms with Gasteiger partial charge in [-0.1, -0.05) is 62.4 Å². The van der Waals surface area contributed by atoms with Crippen LogP contribution in [0.1, 0.15) is 58.4 Å². The largest absolute Gasteiger partial charge is 0.457 e. The van der Waals surface area contributed by atoms with Crippen molar-refractivity contribution in [1.29, 1.82) is 0 Å². The molecule has 0 saturated heterocycles. The van der Waals surface area contributed by atoms with Crippen LogP contribution >= 0.6 is 0 Å². The third-order valence-electron chi connectivity index (χ3n) is 8.43. The molecular formula is C37H36O2. The van der Waals surface area contributed by atoms with Crippen LogP contribution in [-0.4, -0.2) is 0 Å². The summed E-state index contributed by atoms with van der Waals surface area (Å²) in [6.45, 7) is 12.6. The van der Waals surface area contributed by atoms with Gasteiger partial charge in [0.05, 0.1) is 0 Å². The summed E-state index contributed by atoms with van der Waals surface area (Å²) in [5.74, 6) is 3.60. The molecule has 196 valence electrons. The van der Waals surface area contributed by atoms with Gasteiger partial charge < -0.3 is 9.47 Å². The third-order valence-corrected chi connectivity index (χ3v) is 8.43. The molecule has 2 heteroatoms. The lowest BCUT2D eigenvalue weighted by Crippen LogP contribution is -2.19. The van der Waals surface area contributed by atoms with Gasteiger partial charge in [-0.15, -0.1) is 13.2 Å². The van der Waals surface area contributed by atoms with E-state index in [0.717, 1.165) is 59.8 Å². The zero-order chi connectivity index (χ0) is 27.0. The second-order valence-electron chi connectivity index (χ2n) is 11.3. The van der Waals surface area contributed by atoms with Crippen molar-refractivity contribution in [1.82, 2.24) is 0 Å². The van der Waals surface area contributed by atoms with Crippen molar-refractivity contribution in [2.24, 2.45) is 0 Å². The van der Waals surface area contributed by atoms with Crippen molar-refractivity contribution in [3.63, 3.8) is 0 Å². The summed E-state index contributed by atoms with van der Waals surface area (Å²) >= 11 is 0. The molecule has 6 rings (SSSR count). The van der Waals surface area contributed by atoms with E-state index < -0.39 is 0 Å². The predicted molar refractivity (Wildman–Crippen MR) is 161 cm³/mol. The van der Waals surface area contributed by atoms with E-state index in [1.807, 2.05) is 12.2 Å². The molecule has 0 fully saturated rings. The third kappa shape index (κ3) is 4.92. The minimum Gasteiger partial charge on any atom is -0.457 e. The van der Waals surface area contributed by atoms with Crippen molar-refractivity contribution < 1.29 is 9.47 Å². The number of ether oxygens (including phenoxy) is 2. The molecule has 0 aliphatic heterocycles. The van der Waals surface area contributed by atoms with Gasteiger partial charge in [0, 0.05) is 5.41 Å². The molecule has 0 N–H and O–H groups in total. The Morgan fingerprint density at radius 1 is 0.590 bits per heavy atom. The second kappa shape index (κ2) is 10.3. The maximum Gasteiger partial charge on any atom is 0.130 e. The molecule has 0 heterocycles. The minimum atomic E-state index is -0.214. The van der Waals surface area contributed by atoms with E-state index in [9.17, 15) is 0 Å². The second-order valence-corrected chi connectivity index (χ2v) is 11.3. The summed E-state index contributed by atoms with van der Waals surface area (Å²) < 4.78 is 12.7. The van der Waals surface area contributed by atoms with E-state index in [1.54, 1.807) is 0 Å². The first-order valence-corrected chi connectivity index (χ1v) is 14.0. The molecule has 2 aliphatic rings. The number of allylic oxidation sites excluding steroid dienone is 2. The highest BCUT2D eigenvalue weighted by atomic mass is 16.5. The normalized spacial score (nSPS) is 13.4. The maximum atomic E-state index is 6.37. The summed E-state index contributed by atoms with van der Waals surface area (Å²) in [7, 11) is 0. The Labute approximate surface area is 232 Å². The monoisotopic (exact) mass is 512 g/mol. The van der Waals surface area contributed by atoms with Gasteiger partial charge in [-0.05, 0) is 119 Å². The number of hydrogen-bond donors (Lipinski definition) is 0. The summed E-state index contributed by atoms with van der Waals surface area (Å²) in [6, 6.07) is 26.1. The van der Waals surface area contributed by atoms with E-state index in [-0.39, 0.29) is 5.41 Å².